The number of hydrogen-bond donors (Lipinski definition) is 3. The van der Waals surface area contributed by atoms with E-state index in [1.807, 2.05) is 13.8 Å². The normalized spacial score (nSPS) is 11.4. The lowest BCUT2D eigenvalue weighted by atomic mass is 10.2. The molecule has 0 aliphatic heterocycles. The molecule has 4 N–H and O–H groups in total. The molecule has 1 aromatic rings. The van der Waals surface area contributed by atoms with Gasteiger partial charge in [0.1, 0.15) is 0 Å². The van der Waals surface area contributed by atoms with Gasteiger partial charge in [-0.2, -0.15) is 0 Å². The van der Waals surface area contributed by atoms with Crippen molar-refractivity contribution >= 4 is 11.9 Å². The van der Waals surface area contributed by atoms with Crippen LogP contribution in [-0.2, 0) is 11.3 Å². The Labute approximate surface area is 130 Å². The molecule has 1 rings (SSSR count). The monoisotopic (exact) mass is 309 g/mol. The van der Waals surface area contributed by atoms with Gasteiger partial charge in [-0.05, 0) is 31.0 Å². The summed E-state index contributed by atoms with van der Waals surface area (Å²) in [6.45, 7) is 4.08. The average molecular weight is 309 g/mol. The summed E-state index contributed by atoms with van der Waals surface area (Å²) < 4.78 is 10.4. The molecular formula is C15H23N3O4. The van der Waals surface area contributed by atoms with Crippen LogP contribution in [0.3, 0.4) is 0 Å². The summed E-state index contributed by atoms with van der Waals surface area (Å²) in [6.07, 6.45) is 0.868. The fraction of sp³-hybridized carbons (Fsp3) is 0.467. The van der Waals surface area contributed by atoms with E-state index in [-0.39, 0.29) is 18.7 Å². The first-order valence-electron chi connectivity index (χ1n) is 7.08. The minimum absolute atomic E-state index is 0.124. The molecule has 7 heteroatoms. The molecule has 122 valence electrons. The van der Waals surface area contributed by atoms with E-state index in [1.54, 1.807) is 18.2 Å². The van der Waals surface area contributed by atoms with Crippen molar-refractivity contribution in [3.63, 3.8) is 0 Å². The van der Waals surface area contributed by atoms with E-state index in [0.29, 0.717) is 18.0 Å². The van der Waals surface area contributed by atoms with E-state index in [1.165, 1.54) is 7.11 Å². The number of benzene rings is 1. The Morgan fingerprint density at radius 3 is 2.64 bits per heavy atom. The zero-order valence-electron chi connectivity index (χ0n) is 13.1. The number of rotatable bonds is 8. The molecule has 22 heavy (non-hydrogen) atoms. The molecule has 0 saturated heterocycles. The highest BCUT2D eigenvalue weighted by Crippen LogP contribution is 2.27. The fourth-order valence-corrected chi connectivity index (χ4v) is 1.65. The van der Waals surface area contributed by atoms with Crippen LogP contribution >= 0.6 is 0 Å². The molecule has 1 aromatic carbocycles. The Morgan fingerprint density at radius 1 is 1.32 bits per heavy atom. The van der Waals surface area contributed by atoms with E-state index in [4.69, 9.17) is 15.2 Å². The largest absolute Gasteiger partial charge is 0.493 e. The second-order valence-electron chi connectivity index (χ2n) is 4.88. The van der Waals surface area contributed by atoms with Crippen molar-refractivity contribution in [2.45, 2.75) is 32.9 Å². The van der Waals surface area contributed by atoms with Crippen molar-refractivity contribution < 1.29 is 19.1 Å². The van der Waals surface area contributed by atoms with E-state index in [9.17, 15) is 9.59 Å². The summed E-state index contributed by atoms with van der Waals surface area (Å²) in [4.78, 5) is 22.4. The number of nitrogens with one attached hydrogen (secondary N) is 2. The highest BCUT2D eigenvalue weighted by molar-refractivity contribution is 5.75. The zero-order valence-corrected chi connectivity index (χ0v) is 13.1. The van der Waals surface area contributed by atoms with E-state index < -0.39 is 5.91 Å². The van der Waals surface area contributed by atoms with Crippen molar-refractivity contribution in [1.29, 1.82) is 0 Å². The van der Waals surface area contributed by atoms with Crippen molar-refractivity contribution in [3.8, 4) is 11.5 Å². The Morgan fingerprint density at radius 2 is 2.05 bits per heavy atom. The molecule has 0 heterocycles. The van der Waals surface area contributed by atoms with Gasteiger partial charge in [-0.25, -0.2) is 4.79 Å². The van der Waals surface area contributed by atoms with Gasteiger partial charge in [0.05, 0.1) is 7.11 Å². The molecule has 1 atom stereocenters. The van der Waals surface area contributed by atoms with Crippen LogP contribution in [0.2, 0.25) is 0 Å². The quantitative estimate of drug-likeness (QED) is 0.670. The number of carbonyl (C=O) groups excluding carboxylic acids is 2. The molecule has 0 aliphatic carbocycles. The number of methoxy groups -OCH3 is 1. The van der Waals surface area contributed by atoms with Gasteiger partial charge >= 0.3 is 6.03 Å². The van der Waals surface area contributed by atoms with Crippen LogP contribution in [-0.4, -0.2) is 31.7 Å². The number of urea groups is 1. The highest BCUT2D eigenvalue weighted by Gasteiger charge is 2.09. The van der Waals surface area contributed by atoms with Crippen LogP contribution in [0, 0.1) is 0 Å². The van der Waals surface area contributed by atoms with Gasteiger partial charge in [0, 0.05) is 12.6 Å². The Balaban J connectivity index is 2.61. The molecule has 0 unspecified atom stereocenters. The number of primary amides is 1. The van der Waals surface area contributed by atoms with Crippen LogP contribution in [0.4, 0.5) is 4.79 Å². The predicted molar refractivity (Wildman–Crippen MR) is 82.8 cm³/mol. The molecule has 3 amide bonds. The molecule has 0 fully saturated rings. The van der Waals surface area contributed by atoms with Crippen LogP contribution in [0.5, 0.6) is 11.5 Å². The van der Waals surface area contributed by atoms with Crippen molar-refractivity contribution in [1.82, 2.24) is 10.6 Å². The number of carbonyl (C=O) groups is 2. The van der Waals surface area contributed by atoms with Gasteiger partial charge in [0.25, 0.3) is 5.91 Å². The van der Waals surface area contributed by atoms with E-state index >= 15 is 0 Å². The van der Waals surface area contributed by atoms with Crippen LogP contribution in [0.1, 0.15) is 25.8 Å². The molecule has 0 bridgehead atoms. The summed E-state index contributed by atoms with van der Waals surface area (Å²) in [5.74, 6) is 0.339. The average Bonchev–Trinajstić information content (AvgIpc) is 2.50. The van der Waals surface area contributed by atoms with Crippen molar-refractivity contribution in [3.05, 3.63) is 23.8 Å². The van der Waals surface area contributed by atoms with Crippen LogP contribution in [0.15, 0.2) is 18.2 Å². The lowest BCUT2D eigenvalue weighted by Gasteiger charge is -2.14. The zero-order chi connectivity index (χ0) is 16.5. The Bertz CT molecular complexity index is 520. The number of ether oxygens (including phenoxy) is 2. The lowest BCUT2D eigenvalue weighted by molar-refractivity contribution is -0.119. The summed E-state index contributed by atoms with van der Waals surface area (Å²) in [6, 6.07) is 5.09. The van der Waals surface area contributed by atoms with Gasteiger partial charge in [-0.15, -0.1) is 0 Å². The smallest absolute Gasteiger partial charge is 0.315 e. The number of amides is 3. The minimum atomic E-state index is -0.561. The Hall–Kier alpha value is -2.44. The molecule has 0 saturated carbocycles. The van der Waals surface area contributed by atoms with Gasteiger partial charge < -0.3 is 25.8 Å². The Kier molecular flexibility index (Phi) is 7.01. The number of hydrogen-bond acceptors (Lipinski definition) is 4. The van der Waals surface area contributed by atoms with Gasteiger partial charge in [-0.3, -0.25) is 4.79 Å². The van der Waals surface area contributed by atoms with E-state index in [2.05, 4.69) is 10.6 Å². The van der Waals surface area contributed by atoms with Crippen LogP contribution < -0.4 is 25.8 Å². The molecule has 0 radical (unpaired) electrons. The lowest BCUT2D eigenvalue weighted by Crippen LogP contribution is -2.40. The maximum atomic E-state index is 11.7. The summed E-state index contributed by atoms with van der Waals surface area (Å²) in [7, 11) is 1.50. The third kappa shape index (κ3) is 5.90. The molecule has 7 nitrogen and oxygen atoms in total. The third-order valence-corrected chi connectivity index (χ3v) is 3.04. The van der Waals surface area contributed by atoms with Gasteiger partial charge in [0.15, 0.2) is 18.1 Å². The molecule has 0 aliphatic rings. The van der Waals surface area contributed by atoms with E-state index in [0.717, 1.165) is 12.0 Å². The molecule has 0 aromatic heterocycles. The highest BCUT2D eigenvalue weighted by atomic mass is 16.5. The third-order valence-electron chi connectivity index (χ3n) is 3.04. The van der Waals surface area contributed by atoms with Crippen molar-refractivity contribution in [2.75, 3.05) is 13.7 Å². The maximum absolute atomic E-state index is 11.7. The van der Waals surface area contributed by atoms with Crippen molar-refractivity contribution in [2.24, 2.45) is 5.73 Å². The number of nitrogens with two attached hydrogens (primary N) is 1. The summed E-state index contributed by atoms with van der Waals surface area (Å²) >= 11 is 0. The topological polar surface area (TPSA) is 103 Å². The van der Waals surface area contributed by atoms with Gasteiger partial charge in [-0.1, -0.05) is 13.0 Å². The SMILES string of the molecule is CC[C@@H](C)NC(=O)NCc1ccc(OCC(N)=O)c(OC)c1. The standard InChI is InChI=1S/C15H23N3O4/c1-4-10(2)18-15(20)17-8-11-5-6-12(13(7-11)21-3)22-9-14(16)19/h5-7,10H,4,8-9H2,1-3H3,(H2,16,19)(H2,17,18,20)/t10-/m1/s1. The first-order valence-corrected chi connectivity index (χ1v) is 7.08. The maximum Gasteiger partial charge on any atom is 0.315 e. The van der Waals surface area contributed by atoms with Crippen LogP contribution in [0.25, 0.3) is 0 Å². The second kappa shape index (κ2) is 8.76. The fourth-order valence-electron chi connectivity index (χ4n) is 1.65. The summed E-state index contributed by atoms with van der Waals surface area (Å²) in [5, 5.41) is 5.58. The first kappa shape index (κ1) is 17.6. The molecule has 0 spiro atoms. The summed E-state index contributed by atoms with van der Waals surface area (Å²) in [5.41, 5.74) is 5.88. The first-order chi connectivity index (χ1) is 10.5. The van der Waals surface area contributed by atoms with Gasteiger partial charge in [0.2, 0.25) is 0 Å². The predicted octanol–water partition coefficient (Wildman–Crippen LogP) is 1.16. The minimum Gasteiger partial charge on any atom is -0.493 e. The molecular weight excluding hydrogens is 286 g/mol. The second-order valence-corrected chi connectivity index (χ2v) is 4.88.